The molecule has 24 heavy (non-hydrogen) atoms. The molecule has 1 aliphatic rings. The highest BCUT2D eigenvalue weighted by Crippen LogP contribution is 2.36. The van der Waals surface area contributed by atoms with Crippen LogP contribution in [0.25, 0.3) is 6.08 Å². The maximum Gasteiger partial charge on any atom is 0.246 e. The molecule has 0 aliphatic carbocycles. The number of amides is 1. The Balaban J connectivity index is 2.13. The van der Waals surface area contributed by atoms with Gasteiger partial charge in [0.1, 0.15) is 0 Å². The van der Waals surface area contributed by atoms with Crippen LogP contribution in [0, 0.1) is 0 Å². The SMILES string of the molecule is CCOc1c(Cl)cc(/C=C/C(=O)N2CC(C)OC(C)C2)cc1OC. The lowest BCUT2D eigenvalue weighted by molar-refractivity contribution is -0.137. The number of hydrogen-bond donors (Lipinski definition) is 0. The largest absolute Gasteiger partial charge is 0.493 e. The van der Waals surface area contributed by atoms with Crippen molar-refractivity contribution >= 4 is 23.6 Å². The minimum atomic E-state index is -0.0408. The van der Waals surface area contributed by atoms with Gasteiger partial charge in [0.25, 0.3) is 0 Å². The van der Waals surface area contributed by atoms with Gasteiger partial charge in [-0.25, -0.2) is 0 Å². The van der Waals surface area contributed by atoms with Crippen LogP contribution in [0.1, 0.15) is 26.3 Å². The summed E-state index contributed by atoms with van der Waals surface area (Å²) in [6, 6.07) is 3.55. The number of morpholine rings is 1. The van der Waals surface area contributed by atoms with E-state index in [2.05, 4.69) is 0 Å². The van der Waals surface area contributed by atoms with Crippen molar-refractivity contribution in [2.75, 3.05) is 26.8 Å². The minimum Gasteiger partial charge on any atom is -0.493 e. The predicted octanol–water partition coefficient (Wildman–Crippen LogP) is 3.40. The molecule has 132 valence electrons. The summed E-state index contributed by atoms with van der Waals surface area (Å²) in [4.78, 5) is 14.2. The Labute approximate surface area is 148 Å². The summed E-state index contributed by atoms with van der Waals surface area (Å²) in [6.45, 7) is 7.51. The van der Waals surface area contributed by atoms with Crippen LogP contribution in [-0.4, -0.2) is 49.8 Å². The zero-order valence-electron chi connectivity index (χ0n) is 14.5. The third kappa shape index (κ3) is 4.65. The molecule has 1 saturated heterocycles. The van der Waals surface area contributed by atoms with E-state index in [0.717, 1.165) is 5.56 Å². The van der Waals surface area contributed by atoms with Gasteiger partial charge in [0, 0.05) is 19.2 Å². The van der Waals surface area contributed by atoms with Gasteiger partial charge in [-0.05, 0) is 44.5 Å². The quantitative estimate of drug-likeness (QED) is 0.761. The van der Waals surface area contributed by atoms with E-state index in [4.69, 9.17) is 25.8 Å². The zero-order chi connectivity index (χ0) is 17.7. The zero-order valence-corrected chi connectivity index (χ0v) is 15.3. The molecule has 0 bridgehead atoms. The van der Waals surface area contributed by atoms with E-state index in [1.54, 1.807) is 36.3 Å². The van der Waals surface area contributed by atoms with Gasteiger partial charge in [0.05, 0.1) is 30.9 Å². The van der Waals surface area contributed by atoms with Crippen LogP contribution in [0.5, 0.6) is 11.5 Å². The molecule has 2 atom stereocenters. The fourth-order valence-electron chi connectivity index (χ4n) is 2.75. The van der Waals surface area contributed by atoms with Crippen molar-refractivity contribution in [1.29, 1.82) is 0 Å². The van der Waals surface area contributed by atoms with Crippen molar-refractivity contribution in [3.8, 4) is 11.5 Å². The average Bonchev–Trinajstić information content (AvgIpc) is 2.53. The molecule has 1 aromatic carbocycles. The van der Waals surface area contributed by atoms with Crippen molar-refractivity contribution < 1.29 is 19.0 Å². The van der Waals surface area contributed by atoms with Gasteiger partial charge in [-0.15, -0.1) is 0 Å². The number of hydrogen-bond acceptors (Lipinski definition) is 4. The van der Waals surface area contributed by atoms with Crippen LogP contribution in [-0.2, 0) is 9.53 Å². The summed E-state index contributed by atoms with van der Waals surface area (Å²) in [5.41, 5.74) is 0.781. The van der Waals surface area contributed by atoms with Crippen molar-refractivity contribution in [2.45, 2.75) is 33.0 Å². The van der Waals surface area contributed by atoms with Crippen LogP contribution in [0.15, 0.2) is 18.2 Å². The Kier molecular flexibility index (Phi) is 6.52. The number of benzene rings is 1. The summed E-state index contributed by atoms with van der Waals surface area (Å²) in [7, 11) is 1.56. The van der Waals surface area contributed by atoms with E-state index in [1.807, 2.05) is 20.8 Å². The van der Waals surface area contributed by atoms with E-state index in [0.29, 0.717) is 36.2 Å². The van der Waals surface area contributed by atoms with Crippen LogP contribution in [0.4, 0.5) is 0 Å². The predicted molar refractivity (Wildman–Crippen MR) is 94.8 cm³/mol. The Hall–Kier alpha value is -1.72. The van der Waals surface area contributed by atoms with Crippen LogP contribution >= 0.6 is 11.6 Å². The number of carbonyl (C=O) groups is 1. The number of rotatable bonds is 5. The van der Waals surface area contributed by atoms with Crippen molar-refractivity contribution in [2.24, 2.45) is 0 Å². The number of nitrogens with zero attached hydrogens (tertiary/aromatic N) is 1. The highest BCUT2D eigenvalue weighted by atomic mass is 35.5. The monoisotopic (exact) mass is 353 g/mol. The standard InChI is InChI=1S/C18H24ClNO4/c1-5-23-18-15(19)8-14(9-16(18)22-4)6-7-17(21)20-10-12(2)24-13(3)11-20/h6-9,12-13H,5,10-11H2,1-4H3/b7-6+. The molecule has 0 radical (unpaired) electrons. The first-order chi connectivity index (χ1) is 11.4. The molecule has 2 unspecified atom stereocenters. The number of methoxy groups -OCH3 is 1. The van der Waals surface area contributed by atoms with Crippen LogP contribution in [0.3, 0.4) is 0 Å². The first-order valence-electron chi connectivity index (χ1n) is 8.07. The van der Waals surface area contributed by atoms with Gasteiger partial charge in [0.15, 0.2) is 11.5 Å². The summed E-state index contributed by atoms with van der Waals surface area (Å²) in [6.07, 6.45) is 3.38. The van der Waals surface area contributed by atoms with Gasteiger partial charge in [0.2, 0.25) is 5.91 Å². The molecule has 0 N–H and O–H groups in total. The second-order valence-corrected chi connectivity index (χ2v) is 6.21. The summed E-state index contributed by atoms with van der Waals surface area (Å²) in [5, 5.41) is 0.455. The van der Waals surface area contributed by atoms with Gasteiger partial charge in [-0.2, -0.15) is 0 Å². The van der Waals surface area contributed by atoms with Gasteiger partial charge in [-0.3, -0.25) is 4.79 Å². The Bertz CT molecular complexity index is 607. The summed E-state index contributed by atoms with van der Waals surface area (Å²) in [5.74, 6) is 1.02. The van der Waals surface area contributed by atoms with Crippen molar-refractivity contribution in [1.82, 2.24) is 4.90 Å². The first-order valence-corrected chi connectivity index (χ1v) is 8.45. The molecule has 1 fully saturated rings. The molecule has 1 amide bonds. The minimum absolute atomic E-state index is 0.0408. The fourth-order valence-corrected chi connectivity index (χ4v) is 3.02. The smallest absolute Gasteiger partial charge is 0.246 e. The van der Waals surface area contributed by atoms with Crippen LogP contribution < -0.4 is 9.47 Å². The van der Waals surface area contributed by atoms with Crippen molar-refractivity contribution in [3.05, 3.63) is 28.8 Å². The fraction of sp³-hybridized carbons (Fsp3) is 0.500. The molecular formula is C18H24ClNO4. The normalized spacial score (nSPS) is 21.1. The van der Waals surface area contributed by atoms with E-state index in [9.17, 15) is 4.79 Å². The molecule has 2 rings (SSSR count). The lowest BCUT2D eigenvalue weighted by Crippen LogP contribution is -2.47. The molecule has 1 heterocycles. The summed E-state index contributed by atoms with van der Waals surface area (Å²) < 4.78 is 16.4. The molecular weight excluding hydrogens is 330 g/mol. The molecule has 1 aromatic rings. The topological polar surface area (TPSA) is 48.0 Å². The second-order valence-electron chi connectivity index (χ2n) is 5.80. The average molecular weight is 354 g/mol. The lowest BCUT2D eigenvalue weighted by atomic mass is 10.1. The molecule has 6 heteroatoms. The van der Waals surface area contributed by atoms with Gasteiger partial charge < -0.3 is 19.1 Å². The number of halogens is 1. The van der Waals surface area contributed by atoms with E-state index in [-0.39, 0.29) is 18.1 Å². The van der Waals surface area contributed by atoms with E-state index < -0.39 is 0 Å². The number of carbonyl (C=O) groups excluding carboxylic acids is 1. The second kappa shape index (κ2) is 8.40. The van der Waals surface area contributed by atoms with E-state index in [1.165, 1.54) is 0 Å². The Morgan fingerprint density at radius 1 is 1.38 bits per heavy atom. The molecule has 0 saturated carbocycles. The lowest BCUT2D eigenvalue weighted by Gasteiger charge is -2.34. The third-order valence-corrected chi connectivity index (χ3v) is 3.97. The Morgan fingerprint density at radius 3 is 2.62 bits per heavy atom. The molecule has 0 aromatic heterocycles. The molecule has 0 spiro atoms. The first kappa shape index (κ1) is 18.6. The molecule has 1 aliphatic heterocycles. The molecule has 5 nitrogen and oxygen atoms in total. The number of ether oxygens (including phenoxy) is 3. The maximum atomic E-state index is 12.4. The van der Waals surface area contributed by atoms with E-state index >= 15 is 0 Å². The summed E-state index contributed by atoms with van der Waals surface area (Å²) >= 11 is 6.24. The highest BCUT2D eigenvalue weighted by Gasteiger charge is 2.24. The maximum absolute atomic E-state index is 12.4. The third-order valence-electron chi connectivity index (χ3n) is 3.69. The highest BCUT2D eigenvalue weighted by molar-refractivity contribution is 6.32. The Morgan fingerprint density at radius 2 is 2.04 bits per heavy atom. The van der Waals surface area contributed by atoms with Gasteiger partial charge in [-0.1, -0.05) is 11.6 Å². The van der Waals surface area contributed by atoms with Gasteiger partial charge >= 0.3 is 0 Å². The van der Waals surface area contributed by atoms with Crippen molar-refractivity contribution in [3.63, 3.8) is 0 Å². The van der Waals surface area contributed by atoms with Crippen LogP contribution in [0.2, 0.25) is 5.02 Å².